The zero-order valence-corrected chi connectivity index (χ0v) is 24.1. The molecular weight excluding hydrogens is 425 g/mol. The van der Waals surface area contributed by atoms with Gasteiger partial charge in [0.1, 0.15) is 0 Å². The molecule has 0 bridgehead atoms. The Labute approximate surface area is 229 Å². The van der Waals surface area contributed by atoms with Crippen LogP contribution in [0.1, 0.15) is 122 Å². The van der Waals surface area contributed by atoms with Crippen LogP contribution in [0.3, 0.4) is 0 Å². The van der Waals surface area contributed by atoms with Crippen LogP contribution >= 0.6 is 0 Å². The second-order valence-corrected chi connectivity index (χ2v) is 10.0. The summed E-state index contributed by atoms with van der Waals surface area (Å²) in [6, 6.07) is 0. The Bertz CT molecular complexity index is 486. The number of nitrogens with zero attached hydrogens (tertiary/aromatic N) is 1. The monoisotopic (exact) mass is 471 g/mol. The summed E-state index contributed by atoms with van der Waals surface area (Å²) in [5.41, 5.74) is 0. The van der Waals surface area contributed by atoms with Gasteiger partial charge >= 0.3 is 51.4 Å². The van der Waals surface area contributed by atoms with Gasteiger partial charge in [-0.15, -0.1) is 0 Å². The van der Waals surface area contributed by atoms with Gasteiger partial charge in [0.05, 0.1) is 15.9 Å². The van der Waals surface area contributed by atoms with Crippen molar-refractivity contribution in [3.8, 4) is 0 Å². The molecule has 1 amide bonds. The molecule has 0 unspecified atom stereocenters. The van der Waals surface area contributed by atoms with Gasteiger partial charge in [-0.1, -0.05) is 110 Å². The van der Waals surface area contributed by atoms with Crippen molar-refractivity contribution >= 4 is 16.0 Å². The molecule has 0 rings (SSSR count). The van der Waals surface area contributed by atoms with Crippen molar-refractivity contribution in [2.24, 2.45) is 0 Å². The molecule has 30 heavy (non-hydrogen) atoms. The summed E-state index contributed by atoms with van der Waals surface area (Å²) >= 11 is 0. The van der Waals surface area contributed by atoms with E-state index < -0.39 is 15.9 Å². The first kappa shape index (κ1) is 33.2. The van der Waals surface area contributed by atoms with Crippen LogP contribution in [-0.4, -0.2) is 43.1 Å². The Hall–Kier alpha value is 1.02. The first-order chi connectivity index (χ1) is 13.9. The number of hydrogen-bond acceptors (Lipinski definition) is 4. The zero-order valence-electron chi connectivity index (χ0n) is 20.1. The summed E-state index contributed by atoms with van der Waals surface area (Å²) in [7, 11) is -2.69. The average Bonchev–Trinajstić information content (AvgIpc) is 2.67. The summed E-state index contributed by atoms with van der Waals surface area (Å²) in [5.74, 6) is -0.580. The van der Waals surface area contributed by atoms with Gasteiger partial charge in [0.2, 0.25) is 5.91 Å². The molecule has 5 nitrogen and oxygen atoms in total. The third-order valence-electron chi connectivity index (χ3n) is 5.60. The topological polar surface area (TPSA) is 77.5 Å². The van der Waals surface area contributed by atoms with Crippen LogP contribution in [0.2, 0.25) is 0 Å². The van der Waals surface area contributed by atoms with E-state index in [1.165, 1.54) is 94.8 Å². The molecule has 0 saturated carbocycles. The van der Waals surface area contributed by atoms with Crippen molar-refractivity contribution in [3.05, 3.63) is 0 Å². The normalized spacial score (nSPS) is 11.3. The molecule has 0 aromatic heterocycles. The Balaban J connectivity index is 0. The fourth-order valence-electron chi connectivity index (χ4n) is 3.57. The molecule has 0 spiro atoms. The summed E-state index contributed by atoms with van der Waals surface area (Å²) in [6.45, 7) is 2.26. The maximum absolute atomic E-state index is 11.8. The summed E-state index contributed by atoms with van der Waals surface area (Å²) in [5, 5.41) is 0. The molecule has 0 atom stereocenters. The van der Waals surface area contributed by atoms with Crippen LogP contribution in [0.25, 0.3) is 0 Å². The van der Waals surface area contributed by atoms with Gasteiger partial charge in [-0.05, 0) is 6.42 Å². The van der Waals surface area contributed by atoms with Crippen molar-refractivity contribution in [2.75, 3.05) is 19.3 Å². The standard InChI is InChI=1S/C23H47NO4S.K/c1-3-4-5-6-7-8-9-10-11-12-13-14-15-16-17-18-19-20-23(25)24(2)21-22-29(26,27)28;/h3-22H2,1-2H3,(H,26,27,28);/q;+1/p-1. The van der Waals surface area contributed by atoms with Gasteiger partial charge in [-0.3, -0.25) is 4.79 Å². The van der Waals surface area contributed by atoms with Crippen LogP contribution in [0, 0.1) is 0 Å². The first-order valence-electron chi connectivity index (χ1n) is 12.0. The maximum atomic E-state index is 11.8. The minimum Gasteiger partial charge on any atom is -0.748 e. The van der Waals surface area contributed by atoms with Gasteiger partial charge in [0.15, 0.2) is 0 Å². The van der Waals surface area contributed by atoms with Crippen LogP contribution < -0.4 is 51.4 Å². The Morgan fingerprint density at radius 2 is 1.03 bits per heavy atom. The summed E-state index contributed by atoms with van der Waals surface area (Å²) < 4.78 is 31.8. The number of hydrogen-bond donors (Lipinski definition) is 0. The van der Waals surface area contributed by atoms with Gasteiger partial charge in [-0.25, -0.2) is 8.42 Å². The molecule has 0 heterocycles. The summed E-state index contributed by atoms with van der Waals surface area (Å²) in [6.07, 6.45) is 22.6. The predicted octanol–water partition coefficient (Wildman–Crippen LogP) is 3.04. The first-order valence-corrected chi connectivity index (χ1v) is 13.6. The van der Waals surface area contributed by atoms with Crippen LogP contribution in [0.15, 0.2) is 0 Å². The molecule has 0 aliphatic heterocycles. The van der Waals surface area contributed by atoms with E-state index in [0.717, 1.165) is 19.3 Å². The molecule has 0 N–H and O–H groups in total. The molecule has 0 aliphatic carbocycles. The Morgan fingerprint density at radius 1 is 0.700 bits per heavy atom. The van der Waals surface area contributed by atoms with Crippen LogP contribution in [0.5, 0.6) is 0 Å². The fraction of sp³-hybridized carbons (Fsp3) is 0.957. The molecule has 0 radical (unpaired) electrons. The van der Waals surface area contributed by atoms with Crippen molar-refractivity contribution in [3.63, 3.8) is 0 Å². The second kappa shape index (κ2) is 23.2. The SMILES string of the molecule is CCCCCCCCCCCCCCCCCCCC(=O)N(C)CCS(=O)(=O)[O-].[K+]. The number of amides is 1. The van der Waals surface area contributed by atoms with Crippen LogP contribution in [0.4, 0.5) is 0 Å². The number of carbonyl (C=O) groups excluding carboxylic acids is 1. The van der Waals surface area contributed by atoms with E-state index in [9.17, 15) is 17.8 Å². The summed E-state index contributed by atoms with van der Waals surface area (Å²) in [4.78, 5) is 13.2. The van der Waals surface area contributed by atoms with Crippen molar-refractivity contribution in [1.82, 2.24) is 4.90 Å². The minimum atomic E-state index is -4.25. The Morgan fingerprint density at radius 3 is 1.37 bits per heavy atom. The third-order valence-corrected chi connectivity index (χ3v) is 6.28. The van der Waals surface area contributed by atoms with Gasteiger partial charge < -0.3 is 9.45 Å². The molecule has 0 fully saturated rings. The maximum Gasteiger partial charge on any atom is 1.00 e. The molecular formula is C23H46KNO4S. The average molecular weight is 472 g/mol. The third kappa shape index (κ3) is 25.3. The number of rotatable bonds is 21. The van der Waals surface area contributed by atoms with Crippen molar-refractivity contribution in [2.45, 2.75) is 122 Å². The molecule has 0 saturated heterocycles. The van der Waals surface area contributed by atoms with E-state index in [0.29, 0.717) is 6.42 Å². The number of carbonyl (C=O) groups is 1. The molecule has 0 aliphatic rings. The van der Waals surface area contributed by atoms with Gasteiger partial charge in [0.25, 0.3) is 0 Å². The van der Waals surface area contributed by atoms with E-state index >= 15 is 0 Å². The minimum absolute atomic E-state index is 0. The zero-order chi connectivity index (χ0) is 21.8. The van der Waals surface area contributed by atoms with Crippen LogP contribution in [-0.2, 0) is 14.9 Å². The van der Waals surface area contributed by atoms with Crippen molar-refractivity contribution in [1.29, 1.82) is 0 Å². The van der Waals surface area contributed by atoms with E-state index in [1.54, 1.807) is 7.05 Å². The van der Waals surface area contributed by atoms with Gasteiger partial charge in [-0.2, -0.15) is 0 Å². The predicted molar refractivity (Wildman–Crippen MR) is 121 cm³/mol. The molecule has 7 heteroatoms. The molecule has 174 valence electrons. The van der Waals surface area contributed by atoms with Gasteiger partial charge in [0, 0.05) is 20.0 Å². The quantitative estimate of drug-likeness (QED) is 0.146. The Kier molecular flexibility index (Phi) is 25.6. The van der Waals surface area contributed by atoms with E-state index in [2.05, 4.69) is 6.92 Å². The van der Waals surface area contributed by atoms with Crippen molar-refractivity contribution < 1.29 is 69.1 Å². The largest absolute Gasteiger partial charge is 1.00 e. The van der Waals surface area contributed by atoms with E-state index in [4.69, 9.17) is 0 Å². The van der Waals surface area contributed by atoms with E-state index in [-0.39, 0.29) is 63.8 Å². The second-order valence-electron chi connectivity index (χ2n) is 8.48. The number of unbranched alkanes of at least 4 members (excludes halogenated alkanes) is 16. The fourth-order valence-corrected chi connectivity index (χ4v) is 4.06. The molecule has 0 aromatic rings. The molecule has 0 aromatic carbocycles. The smallest absolute Gasteiger partial charge is 0.748 e. The van der Waals surface area contributed by atoms with E-state index in [1.807, 2.05) is 0 Å².